The van der Waals surface area contributed by atoms with Crippen LogP contribution in [0.1, 0.15) is 0 Å². The number of hydrogen-bond acceptors (Lipinski definition) is 3. The van der Waals surface area contributed by atoms with E-state index in [1.165, 1.54) is 0 Å². The minimum Gasteiger partial charge on any atom is -0.813 e. The molecule has 0 atom stereocenters. The molecule has 0 aliphatic rings. The summed E-state index contributed by atoms with van der Waals surface area (Å²) in [5, 5.41) is 0. The third-order valence-electron chi connectivity index (χ3n) is 0. The predicted molar refractivity (Wildman–Crippen MR) is 10.1 cm³/mol. The average molecular weight is 113 g/mol. The van der Waals surface area contributed by atoms with Gasteiger partial charge in [0.2, 0.25) is 0 Å². The van der Waals surface area contributed by atoms with Gasteiger partial charge in [-0.25, -0.2) is 0 Å². The molecule has 0 saturated carbocycles. The first-order valence-electron chi connectivity index (χ1n) is 0.408. The Morgan fingerprint density at radius 2 is 1.25 bits per heavy atom. The monoisotopic (exact) mass is 113 g/mol. The van der Waals surface area contributed by atoms with Gasteiger partial charge in [0, 0.05) is 0 Å². The summed E-state index contributed by atoms with van der Waals surface area (Å²) in [5.74, 6) is 0. The Bertz CT molecular complexity index is 27.0. The molecule has 0 aromatic rings. The SMILES string of the molecule is [O]=[Ti]=[O].[SH-]. The van der Waals surface area contributed by atoms with Crippen molar-refractivity contribution >= 4 is 13.5 Å². The van der Waals surface area contributed by atoms with Crippen LogP contribution in [0.2, 0.25) is 0 Å². The molecule has 4 heavy (non-hydrogen) atoms. The second-order valence-corrected chi connectivity index (χ2v) is 0.344. The summed E-state index contributed by atoms with van der Waals surface area (Å²) in [6.45, 7) is 0. The molecule has 0 fully saturated rings. The van der Waals surface area contributed by atoms with E-state index in [1.54, 1.807) is 0 Å². The first-order chi connectivity index (χ1) is 1.41. The van der Waals surface area contributed by atoms with Crippen molar-refractivity contribution in [2.24, 2.45) is 0 Å². The van der Waals surface area contributed by atoms with Crippen molar-refractivity contribution in [3.63, 3.8) is 0 Å². The summed E-state index contributed by atoms with van der Waals surface area (Å²) in [6, 6.07) is 0. The Kier molecular flexibility index (Phi) is 20.7. The molecule has 0 heterocycles. The van der Waals surface area contributed by atoms with Gasteiger partial charge in [0.05, 0.1) is 0 Å². The van der Waals surface area contributed by atoms with Gasteiger partial charge in [-0.15, -0.1) is 0 Å². The molecule has 0 unspecified atom stereocenters. The summed E-state index contributed by atoms with van der Waals surface area (Å²) >= 11 is -2.00. The van der Waals surface area contributed by atoms with Crippen molar-refractivity contribution in [1.29, 1.82) is 0 Å². The van der Waals surface area contributed by atoms with Gasteiger partial charge in [-0.3, -0.25) is 0 Å². The van der Waals surface area contributed by atoms with Crippen LogP contribution in [0.25, 0.3) is 0 Å². The molecule has 0 aromatic carbocycles. The molecule has 4 heteroatoms. The van der Waals surface area contributed by atoms with Crippen molar-refractivity contribution in [2.75, 3.05) is 0 Å². The topological polar surface area (TPSA) is 34.1 Å². The van der Waals surface area contributed by atoms with Crippen LogP contribution in [0.15, 0.2) is 0 Å². The summed E-state index contributed by atoms with van der Waals surface area (Å²) in [6.07, 6.45) is 0. The van der Waals surface area contributed by atoms with Crippen LogP contribution in [0, 0.1) is 0 Å². The predicted octanol–water partition coefficient (Wildman–Crippen LogP) is -0.510. The van der Waals surface area contributed by atoms with E-state index in [0.29, 0.717) is 0 Å². The van der Waals surface area contributed by atoms with E-state index in [4.69, 9.17) is 6.65 Å². The summed E-state index contributed by atoms with van der Waals surface area (Å²) < 4.78 is 17.0. The fraction of sp³-hybridized carbons (Fsp3) is 0. The van der Waals surface area contributed by atoms with Gasteiger partial charge in [-0.1, -0.05) is 0 Å². The number of rotatable bonds is 0. The average Bonchev–Trinajstić information content (AvgIpc) is 0.918. The normalized spacial score (nSPS) is 2.00. The third-order valence-corrected chi connectivity index (χ3v) is 0. The fourth-order valence-corrected chi connectivity index (χ4v) is 0. The quantitative estimate of drug-likeness (QED) is 0.241. The number of hydrogen-bond donors (Lipinski definition) is 0. The molecule has 0 saturated heterocycles. The van der Waals surface area contributed by atoms with Gasteiger partial charge < -0.3 is 13.5 Å². The van der Waals surface area contributed by atoms with E-state index in [9.17, 15) is 0 Å². The van der Waals surface area contributed by atoms with Crippen LogP contribution < -0.4 is 0 Å². The zero-order valence-corrected chi connectivity index (χ0v) is 4.22. The molecule has 0 radical (unpaired) electrons. The van der Waals surface area contributed by atoms with E-state index < -0.39 is 19.1 Å². The molecule has 2 nitrogen and oxygen atoms in total. The molecule has 24 valence electrons. The van der Waals surface area contributed by atoms with E-state index in [1.807, 2.05) is 0 Å². The van der Waals surface area contributed by atoms with Crippen molar-refractivity contribution in [2.45, 2.75) is 0 Å². The Morgan fingerprint density at radius 3 is 1.25 bits per heavy atom. The molecule has 0 spiro atoms. The second-order valence-electron chi connectivity index (χ2n) is 0.0833. The molecular weight excluding hydrogens is 112 g/mol. The van der Waals surface area contributed by atoms with Crippen LogP contribution in [0.4, 0.5) is 0 Å². The molecular formula is HO2STi-. The minimum atomic E-state index is -2.00. The van der Waals surface area contributed by atoms with Crippen LogP contribution in [-0.4, -0.2) is 0 Å². The van der Waals surface area contributed by atoms with Gasteiger partial charge in [0.15, 0.2) is 0 Å². The van der Waals surface area contributed by atoms with Crippen molar-refractivity contribution in [3.8, 4) is 0 Å². The molecule has 0 rings (SSSR count). The largest absolute Gasteiger partial charge is 0.813 e. The van der Waals surface area contributed by atoms with Gasteiger partial charge in [0.1, 0.15) is 0 Å². The van der Waals surface area contributed by atoms with Crippen LogP contribution in [0.5, 0.6) is 0 Å². The smallest absolute Gasteiger partial charge is 0.813 e. The Balaban J connectivity index is 0. The summed E-state index contributed by atoms with van der Waals surface area (Å²) in [7, 11) is 0. The number of thiol groups is 1. The van der Waals surface area contributed by atoms with Crippen molar-refractivity contribution in [1.82, 2.24) is 0 Å². The van der Waals surface area contributed by atoms with E-state index in [0.717, 1.165) is 0 Å². The van der Waals surface area contributed by atoms with Crippen LogP contribution in [-0.2, 0) is 39.2 Å². The first-order valence-corrected chi connectivity index (χ1v) is 1.68. The van der Waals surface area contributed by atoms with Crippen LogP contribution >= 0.6 is 0 Å². The Morgan fingerprint density at radius 1 is 1.25 bits per heavy atom. The van der Waals surface area contributed by atoms with E-state index in [2.05, 4.69) is 0 Å². The molecule has 0 amide bonds. The second kappa shape index (κ2) is 9.39. The minimum absolute atomic E-state index is 0. The van der Waals surface area contributed by atoms with Gasteiger partial charge in [-0.2, -0.15) is 0 Å². The Labute approximate surface area is 39.6 Å². The summed E-state index contributed by atoms with van der Waals surface area (Å²) in [4.78, 5) is 0. The third kappa shape index (κ3) is 16.7. The molecule has 0 aliphatic carbocycles. The van der Waals surface area contributed by atoms with Crippen LogP contribution in [0.3, 0.4) is 0 Å². The maximum absolute atomic E-state index is 8.50. The molecule has 0 aromatic heterocycles. The van der Waals surface area contributed by atoms with E-state index >= 15 is 0 Å². The van der Waals surface area contributed by atoms with Crippen molar-refractivity contribution < 1.29 is 25.7 Å². The molecule has 0 aliphatic heterocycles. The zero-order valence-electron chi connectivity index (χ0n) is 1.76. The standard InChI is InChI=1S/2O.H2S.Ti/h;;1H2;/p-1. The first kappa shape index (κ1) is 8.82. The van der Waals surface area contributed by atoms with E-state index in [-0.39, 0.29) is 13.5 Å². The maximum Gasteiger partial charge on any atom is -0.813 e. The zero-order chi connectivity index (χ0) is 2.71. The summed E-state index contributed by atoms with van der Waals surface area (Å²) in [5.41, 5.74) is 0. The van der Waals surface area contributed by atoms with Gasteiger partial charge >= 0.3 is 25.7 Å². The molecule has 0 N–H and O–H groups in total. The molecule has 0 bridgehead atoms. The maximum atomic E-state index is 8.50. The van der Waals surface area contributed by atoms with Gasteiger partial charge in [0.25, 0.3) is 0 Å². The van der Waals surface area contributed by atoms with Crippen molar-refractivity contribution in [3.05, 3.63) is 0 Å². The fourth-order valence-electron chi connectivity index (χ4n) is 0. The van der Waals surface area contributed by atoms with Gasteiger partial charge in [-0.05, 0) is 0 Å². The Hall–Kier alpha value is 0.664.